The lowest BCUT2D eigenvalue weighted by Gasteiger charge is -2.44. The quantitative estimate of drug-likeness (QED) is 0.582. The number of carbonyl (C=O) groups is 1. The van der Waals surface area contributed by atoms with E-state index in [-0.39, 0.29) is 17.5 Å². The van der Waals surface area contributed by atoms with Crippen LogP contribution in [0.3, 0.4) is 0 Å². The van der Waals surface area contributed by atoms with Gasteiger partial charge in [-0.25, -0.2) is 0 Å². The van der Waals surface area contributed by atoms with Crippen LogP contribution >= 0.6 is 12.2 Å². The highest BCUT2D eigenvalue weighted by atomic mass is 32.1. The molecule has 0 bridgehead atoms. The number of hydrogen-bond acceptors (Lipinski definition) is 2. The third kappa shape index (κ3) is 4.00. The molecule has 0 radical (unpaired) electrons. The van der Waals surface area contributed by atoms with Gasteiger partial charge in [-0.15, -0.1) is 6.58 Å². The minimum absolute atomic E-state index is 0.00456. The smallest absolute Gasteiger partial charge is 0.239 e. The summed E-state index contributed by atoms with van der Waals surface area (Å²) in [6, 6.07) is 0.272. The maximum Gasteiger partial charge on any atom is 0.239 e. The Hall–Kier alpha value is -1.10. The first-order chi connectivity index (χ1) is 7.85. The molecule has 1 unspecified atom stereocenters. The Balaban J connectivity index is 2.56. The molecule has 1 fully saturated rings. The van der Waals surface area contributed by atoms with E-state index in [1.165, 1.54) is 0 Å². The maximum atomic E-state index is 11.6. The zero-order chi connectivity index (χ0) is 13.1. The molecular formula is C12H21N3OS. The molecule has 0 aromatic carbocycles. The average Bonchev–Trinajstić information content (AvgIpc) is 2.19. The molecular weight excluding hydrogens is 234 g/mol. The van der Waals surface area contributed by atoms with Gasteiger partial charge < -0.3 is 15.5 Å². The summed E-state index contributed by atoms with van der Waals surface area (Å²) in [4.78, 5) is 13.6. The normalized spacial score (nSPS) is 22.9. The van der Waals surface area contributed by atoms with Gasteiger partial charge in [0.1, 0.15) is 0 Å². The van der Waals surface area contributed by atoms with Crippen molar-refractivity contribution in [2.75, 3.05) is 13.1 Å². The van der Waals surface area contributed by atoms with Gasteiger partial charge in [0.05, 0.1) is 6.54 Å². The lowest BCUT2D eigenvalue weighted by Crippen LogP contribution is -2.61. The van der Waals surface area contributed by atoms with Gasteiger partial charge in [-0.1, -0.05) is 6.08 Å². The van der Waals surface area contributed by atoms with E-state index < -0.39 is 0 Å². The number of rotatable bonds is 4. The van der Waals surface area contributed by atoms with E-state index in [9.17, 15) is 4.79 Å². The van der Waals surface area contributed by atoms with Crippen molar-refractivity contribution in [2.45, 2.75) is 38.8 Å². The van der Waals surface area contributed by atoms with Crippen molar-refractivity contribution in [2.24, 2.45) is 0 Å². The number of carbonyl (C=O) groups excluding carboxylic acids is 1. The molecule has 17 heavy (non-hydrogen) atoms. The van der Waals surface area contributed by atoms with Gasteiger partial charge in [0.15, 0.2) is 5.11 Å². The van der Waals surface area contributed by atoms with Gasteiger partial charge in [-0.3, -0.25) is 4.79 Å². The van der Waals surface area contributed by atoms with E-state index >= 15 is 0 Å². The molecule has 5 heteroatoms. The Labute approximate surface area is 108 Å². The summed E-state index contributed by atoms with van der Waals surface area (Å²) in [5.41, 5.74) is 0.00456. The van der Waals surface area contributed by atoms with E-state index in [0.717, 1.165) is 6.42 Å². The zero-order valence-corrected chi connectivity index (χ0v) is 11.6. The molecule has 0 spiro atoms. The van der Waals surface area contributed by atoms with Crippen LogP contribution in [0.4, 0.5) is 0 Å². The summed E-state index contributed by atoms with van der Waals surface area (Å²) in [7, 11) is 0. The Morgan fingerprint density at radius 1 is 1.76 bits per heavy atom. The van der Waals surface area contributed by atoms with Crippen molar-refractivity contribution >= 4 is 23.2 Å². The van der Waals surface area contributed by atoms with Crippen LogP contribution in [0.25, 0.3) is 0 Å². The Morgan fingerprint density at radius 3 is 2.94 bits per heavy atom. The highest BCUT2D eigenvalue weighted by Gasteiger charge is 2.33. The summed E-state index contributed by atoms with van der Waals surface area (Å²) in [5, 5.41) is 6.67. The molecule has 0 aromatic rings. The second-order valence-corrected chi connectivity index (χ2v) is 5.47. The monoisotopic (exact) mass is 255 g/mol. The molecule has 2 N–H and O–H groups in total. The van der Waals surface area contributed by atoms with Crippen molar-refractivity contribution in [3.8, 4) is 0 Å². The van der Waals surface area contributed by atoms with Gasteiger partial charge in [-0.2, -0.15) is 0 Å². The van der Waals surface area contributed by atoms with Gasteiger partial charge in [-0.05, 0) is 39.4 Å². The summed E-state index contributed by atoms with van der Waals surface area (Å²) < 4.78 is 0. The van der Waals surface area contributed by atoms with E-state index in [4.69, 9.17) is 12.2 Å². The van der Waals surface area contributed by atoms with Crippen molar-refractivity contribution in [1.82, 2.24) is 15.5 Å². The molecule has 96 valence electrons. The fourth-order valence-electron chi connectivity index (χ4n) is 2.09. The molecule has 0 saturated carbocycles. The first kappa shape index (κ1) is 14.0. The number of thiocarbonyl (C=S) groups is 1. The molecule has 0 aliphatic carbocycles. The molecule has 1 aliphatic heterocycles. The van der Waals surface area contributed by atoms with E-state index in [1.54, 1.807) is 6.08 Å². The fourth-order valence-corrected chi connectivity index (χ4v) is 2.61. The minimum atomic E-state index is -0.0272. The molecule has 4 nitrogen and oxygen atoms in total. The van der Waals surface area contributed by atoms with Gasteiger partial charge in [0.2, 0.25) is 5.91 Å². The first-order valence-electron chi connectivity index (χ1n) is 5.82. The molecule has 1 amide bonds. The number of hydrogen-bond donors (Lipinski definition) is 2. The lowest BCUT2D eigenvalue weighted by molar-refractivity contribution is -0.121. The zero-order valence-electron chi connectivity index (χ0n) is 10.7. The Kier molecular flexibility index (Phi) is 4.51. The second-order valence-electron chi connectivity index (χ2n) is 5.09. The molecule has 1 heterocycles. The van der Waals surface area contributed by atoms with Crippen molar-refractivity contribution in [3.63, 3.8) is 0 Å². The number of amides is 1. The second kappa shape index (κ2) is 5.49. The SMILES string of the molecule is C=CCNC(=O)CN1C(=S)NC(C)(C)CC1C. The third-order valence-corrected chi connectivity index (χ3v) is 3.14. The summed E-state index contributed by atoms with van der Waals surface area (Å²) >= 11 is 5.30. The van der Waals surface area contributed by atoms with Crippen LogP contribution in [0, 0.1) is 0 Å². The number of nitrogens with zero attached hydrogens (tertiary/aromatic N) is 1. The standard InChI is InChI=1S/C12H21N3OS/c1-5-6-13-10(16)8-15-9(2)7-12(3,4)14-11(15)17/h5,9H,1,6-8H2,2-4H3,(H,13,16)(H,14,17). The highest BCUT2D eigenvalue weighted by molar-refractivity contribution is 7.80. The van der Waals surface area contributed by atoms with Crippen LogP contribution in [0.15, 0.2) is 12.7 Å². The van der Waals surface area contributed by atoms with Gasteiger partial charge >= 0.3 is 0 Å². The largest absolute Gasteiger partial charge is 0.358 e. The first-order valence-corrected chi connectivity index (χ1v) is 6.23. The van der Waals surface area contributed by atoms with Crippen molar-refractivity contribution in [3.05, 3.63) is 12.7 Å². The third-order valence-electron chi connectivity index (χ3n) is 2.80. The average molecular weight is 255 g/mol. The number of nitrogens with one attached hydrogen (secondary N) is 2. The van der Waals surface area contributed by atoms with Crippen molar-refractivity contribution < 1.29 is 4.79 Å². The van der Waals surface area contributed by atoms with E-state index in [1.807, 2.05) is 4.90 Å². The van der Waals surface area contributed by atoms with Gasteiger partial charge in [0, 0.05) is 18.1 Å². The van der Waals surface area contributed by atoms with E-state index in [0.29, 0.717) is 18.2 Å². The van der Waals surface area contributed by atoms with Crippen LogP contribution in [0.1, 0.15) is 27.2 Å². The topological polar surface area (TPSA) is 44.4 Å². The predicted octanol–water partition coefficient (Wildman–Crippen LogP) is 1.04. The predicted molar refractivity (Wildman–Crippen MR) is 73.8 cm³/mol. The van der Waals surface area contributed by atoms with Crippen LogP contribution in [-0.4, -0.2) is 40.6 Å². The molecule has 1 rings (SSSR count). The van der Waals surface area contributed by atoms with Crippen LogP contribution in [0.2, 0.25) is 0 Å². The highest BCUT2D eigenvalue weighted by Crippen LogP contribution is 2.21. The Morgan fingerprint density at radius 2 is 2.41 bits per heavy atom. The van der Waals surface area contributed by atoms with Crippen LogP contribution < -0.4 is 10.6 Å². The molecule has 1 saturated heterocycles. The molecule has 0 aromatic heterocycles. The summed E-state index contributed by atoms with van der Waals surface area (Å²) in [6.45, 7) is 10.7. The molecule has 1 aliphatic rings. The molecule has 1 atom stereocenters. The minimum Gasteiger partial charge on any atom is -0.358 e. The van der Waals surface area contributed by atoms with Crippen LogP contribution in [-0.2, 0) is 4.79 Å². The summed E-state index contributed by atoms with van der Waals surface area (Å²) in [6.07, 6.45) is 2.62. The fraction of sp³-hybridized carbons (Fsp3) is 0.667. The Bertz CT molecular complexity index is 328. The summed E-state index contributed by atoms with van der Waals surface area (Å²) in [5.74, 6) is -0.0272. The maximum absolute atomic E-state index is 11.6. The van der Waals surface area contributed by atoms with E-state index in [2.05, 4.69) is 38.0 Å². The van der Waals surface area contributed by atoms with Crippen LogP contribution in [0.5, 0.6) is 0 Å². The van der Waals surface area contributed by atoms with Gasteiger partial charge in [0.25, 0.3) is 0 Å². The van der Waals surface area contributed by atoms with Crippen molar-refractivity contribution in [1.29, 1.82) is 0 Å². The lowest BCUT2D eigenvalue weighted by atomic mass is 9.93.